The van der Waals surface area contributed by atoms with E-state index in [1.807, 2.05) is 0 Å². The van der Waals surface area contributed by atoms with Gasteiger partial charge in [-0.2, -0.15) is 0 Å². The van der Waals surface area contributed by atoms with Gasteiger partial charge < -0.3 is 10.0 Å². The molecule has 0 aromatic heterocycles. The van der Waals surface area contributed by atoms with Crippen molar-refractivity contribution in [1.82, 2.24) is 4.90 Å². The number of likely N-dealkylation sites (N-methyl/N-ethyl adjacent to an activating group) is 1. The second kappa shape index (κ2) is 7.46. The Morgan fingerprint density at radius 2 is 1.88 bits per heavy atom. The Hall–Kier alpha value is -0.860. The molecule has 0 spiro atoms. The molecule has 0 radical (unpaired) electrons. The van der Waals surface area contributed by atoms with E-state index in [1.165, 1.54) is 11.1 Å². The van der Waals surface area contributed by atoms with Gasteiger partial charge in [0.25, 0.3) is 0 Å². The predicted octanol–water partition coefficient (Wildman–Crippen LogP) is 2.63. The molecule has 1 rings (SSSR count). The number of aryl methyl sites for hydroxylation is 1. The first-order chi connectivity index (χ1) is 8.17. The van der Waals surface area contributed by atoms with E-state index < -0.39 is 0 Å². The summed E-state index contributed by atoms with van der Waals surface area (Å²) in [4.78, 5) is 2.36. The van der Waals surface area contributed by atoms with Gasteiger partial charge in [-0.3, -0.25) is 0 Å². The van der Waals surface area contributed by atoms with Gasteiger partial charge in [-0.1, -0.05) is 36.8 Å². The molecular weight excluding hydrogens is 210 g/mol. The Labute approximate surface area is 105 Å². The molecule has 2 heteroatoms. The van der Waals surface area contributed by atoms with Crippen LogP contribution in [0.3, 0.4) is 0 Å². The van der Waals surface area contributed by atoms with Crippen molar-refractivity contribution in [2.75, 3.05) is 20.2 Å². The van der Waals surface area contributed by atoms with Gasteiger partial charge in [0.05, 0.1) is 0 Å². The van der Waals surface area contributed by atoms with E-state index in [0.717, 1.165) is 25.8 Å². The molecule has 2 nitrogen and oxygen atoms in total. The molecule has 0 aliphatic rings. The highest BCUT2D eigenvalue weighted by molar-refractivity contribution is 5.22. The van der Waals surface area contributed by atoms with Crippen LogP contribution in [0, 0.1) is 6.92 Å². The van der Waals surface area contributed by atoms with E-state index >= 15 is 0 Å². The maximum Gasteiger partial charge on any atom is 0.0443 e. The fourth-order valence-corrected chi connectivity index (χ4v) is 2.11. The molecule has 96 valence electrons. The van der Waals surface area contributed by atoms with Crippen LogP contribution in [0.1, 0.15) is 30.9 Å². The molecule has 1 aromatic carbocycles. The Kier molecular flexibility index (Phi) is 6.23. The van der Waals surface area contributed by atoms with Crippen LogP contribution in [0.25, 0.3) is 0 Å². The van der Waals surface area contributed by atoms with E-state index in [1.54, 1.807) is 0 Å². The van der Waals surface area contributed by atoms with Crippen LogP contribution in [0.2, 0.25) is 0 Å². The fraction of sp³-hybridized carbons (Fsp3) is 0.600. The van der Waals surface area contributed by atoms with E-state index in [9.17, 15) is 0 Å². The number of aliphatic hydroxyl groups is 1. The SMILES string of the molecule is CCC(Cc1ccc(C)cc1)N(C)CCCO. The zero-order valence-electron chi connectivity index (χ0n) is 11.3. The highest BCUT2D eigenvalue weighted by atomic mass is 16.3. The summed E-state index contributed by atoms with van der Waals surface area (Å²) >= 11 is 0. The molecule has 0 bridgehead atoms. The Balaban J connectivity index is 2.53. The molecule has 17 heavy (non-hydrogen) atoms. The number of nitrogens with zero attached hydrogens (tertiary/aromatic N) is 1. The molecule has 0 aliphatic carbocycles. The van der Waals surface area contributed by atoms with Gasteiger partial charge in [0.15, 0.2) is 0 Å². The lowest BCUT2D eigenvalue weighted by Crippen LogP contribution is -2.34. The van der Waals surface area contributed by atoms with Crippen LogP contribution in [0.4, 0.5) is 0 Å². The van der Waals surface area contributed by atoms with E-state index in [2.05, 4.69) is 50.1 Å². The van der Waals surface area contributed by atoms with Crippen molar-refractivity contribution in [3.05, 3.63) is 35.4 Å². The summed E-state index contributed by atoms with van der Waals surface area (Å²) in [6, 6.07) is 9.37. The highest BCUT2D eigenvalue weighted by Crippen LogP contribution is 2.12. The molecule has 0 saturated carbocycles. The topological polar surface area (TPSA) is 23.5 Å². The molecule has 0 fully saturated rings. The minimum Gasteiger partial charge on any atom is -0.396 e. The normalized spacial score (nSPS) is 13.0. The summed E-state index contributed by atoms with van der Waals surface area (Å²) in [5.41, 5.74) is 2.72. The molecule has 0 heterocycles. The van der Waals surface area contributed by atoms with E-state index in [-0.39, 0.29) is 6.61 Å². The summed E-state index contributed by atoms with van der Waals surface area (Å²) in [5.74, 6) is 0. The Morgan fingerprint density at radius 1 is 1.24 bits per heavy atom. The van der Waals surface area contributed by atoms with Gasteiger partial charge in [-0.05, 0) is 38.8 Å². The second-order valence-corrected chi connectivity index (χ2v) is 4.81. The van der Waals surface area contributed by atoms with Crippen LogP contribution in [0.15, 0.2) is 24.3 Å². The standard InChI is InChI=1S/C15H25NO/c1-4-15(16(3)10-5-11-17)12-14-8-6-13(2)7-9-14/h6-9,15,17H,4-5,10-12H2,1-3H3. The number of rotatable bonds is 7. The van der Waals surface area contributed by atoms with Gasteiger partial charge >= 0.3 is 0 Å². The summed E-state index contributed by atoms with van der Waals surface area (Å²) < 4.78 is 0. The summed E-state index contributed by atoms with van der Waals surface area (Å²) in [6.45, 7) is 5.61. The molecule has 1 unspecified atom stereocenters. The van der Waals surface area contributed by atoms with Gasteiger partial charge in [0.2, 0.25) is 0 Å². The lowest BCUT2D eigenvalue weighted by atomic mass is 10.0. The first-order valence-corrected chi connectivity index (χ1v) is 6.54. The molecule has 0 aliphatic heterocycles. The molecule has 0 saturated heterocycles. The number of hydrogen-bond acceptors (Lipinski definition) is 2. The van der Waals surface area contributed by atoms with Gasteiger partial charge in [0, 0.05) is 19.2 Å². The predicted molar refractivity (Wildman–Crippen MR) is 73.3 cm³/mol. The zero-order chi connectivity index (χ0) is 12.7. The maximum atomic E-state index is 8.86. The average molecular weight is 235 g/mol. The monoisotopic (exact) mass is 235 g/mol. The third-order valence-corrected chi connectivity index (χ3v) is 3.36. The fourth-order valence-electron chi connectivity index (χ4n) is 2.11. The van der Waals surface area contributed by atoms with Gasteiger partial charge in [-0.25, -0.2) is 0 Å². The zero-order valence-corrected chi connectivity index (χ0v) is 11.3. The number of hydrogen-bond donors (Lipinski definition) is 1. The minimum atomic E-state index is 0.283. The average Bonchev–Trinajstić information content (AvgIpc) is 2.35. The van der Waals surface area contributed by atoms with Crippen molar-refractivity contribution in [3.8, 4) is 0 Å². The lowest BCUT2D eigenvalue weighted by molar-refractivity contribution is 0.201. The van der Waals surface area contributed by atoms with Crippen LogP contribution in [-0.4, -0.2) is 36.2 Å². The van der Waals surface area contributed by atoms with Crippen molar-refractivity contribution in [2.45, 2.75) is 39.2 Å². The molecule has 1 N–H and O–H groups in total. The van der Waals surface area contributed by atoms with Gasteiger partial charge in [0.1, 0.15) is 0 Å². The summed E-state index contributed by atoms with van der Waals surface area (Å²) in [6.07, 6.45) is 3.11. The quantitative estimate of drug-likeness (QED) is 0.785. The van der Waals surface area contributed by atoms with Crippen molar-refractivity contribution < 1.29 is 5.11 Å². The Bertz CT molecular complexity index is 307. The maximum absolute atomic E-state index is 8.86. The number of aliphatic hydroxyl groups excluding tert-OH is 1. The lowest BCUT2D eigenvalue weighted by Gasteiger charge is -2.27. The van der Waals surface area contributed by atoms with Crippen molar-refractivity contribution in [1.29, 1.82) is 0 Å². The van der Waals surface area contributed by atoms with E-state index in [4.69, 9.17) is 5.11 Å². The smallest absolute Gasteiger partial charge is 0.0443 e. The summed E-state index contributed by atoms with van der Waals surface area (Å²) in [5, 5.41) is 8.86. The molecule has 1 atom stereocenters. The van der Waals surface area contributed by atoms with E-state index in [0.29, 0.717) is 6.04 Å². The summed E-state index contributed by atoms with van der Waals surface area (Å²) in [7, 11) is 2.15. The third-order valence-electron chi connectivity index (χ3n) is 3.36. The molecule has 1 aromatic rings. The number of benzene rings is 1. The van der Waals surface area contributed by atoms with Crippen LogP contribution < -0.4 is 0 Å². The molecular formula is C15H25NO. The first kappa shape index (κ1) is 14.2. The minimum absolute atomic E-state index is 0.283. The van der Waals surface area contributed by atoms with Crippen LogP contribution >= 0.6 is 0 Å². The molecule has 0 amide bonds. The van der Waals surface area contributed by atoms with Crippen LogP contribution in [-0.2, 0) is 6.42 Å². The largest absolute Gasteiger partial charge is 0.396 e. The van der Waals surface area contributed by atoms with Gasteiger partial charge in [-0.15, -0.1) is 0 Å². The van der Waals surface area contributed by atoms with Crippen molar-refractivity contribution in [3.63, 3.8) is 0 Å². The first-order valence-electron chi connectivity index (χ1n) is 6.54. The third kappa shape index (κ3) is 4.88. The van der Waals surface area contributed by atoms with Crippen LogP contribution in [0.5, 0.6) is 0 Å². The highest BCUT2D eigenvalue weighted by Gasteiger charge is 2.12. The van der Waals surface area contributed by atoms with Crippen molar-refractivity contribution in [2.24, 2.45) is 0 Å². The Morgan fingerprint density at radius 3 is 2.41 bits per heavy atom. The van der Waals surface area contributed by atoms with Crippen molar-refractivity contribution >= 4 is 0 Å². The second-order valence-electron chi connectivity index (χ2n) is 4.81.